The van der Waals surface area contributed by atoms with E-state index < -0.39 is 27.9 Å². The van der Waals surface area contributed by atoms with E-state index in [1.807, 2.05) is 0 Å². The molecule has 0 fully saturated rings. The summed E-state index contributed by atoms with van der Waals surface area (Å²) >= 11 is 3.39. The van der Waals surface area contributed by atoms with Crippen LogP contribution in [0.1, 0.15) is 5.76 Å². The van der Waals surface area contributed by atoms with Gasteiger partial charge in [0.1, 0.15) is 11.5 Å². The number of non-ortho nitro benzene ring substituents is 1. The van der Waals surface area contributed by atoms with E-state index in [-0.39, 0.29) is 46.4 Å². The molecule has 0 spiro atoms. The minimum Gasteiger partial charge on any atom is -0.457 e. The molecule has 2 aromatic rings. The van der Waals surface area contributed by atoms with Gasteiger partial charge in [0.25, 0.3) is 11.6 Å². The summed E-state index contributed by atoms with van der Waals surface area (Å²) in [5, 5.41) is 21.3. The number of amidine groups is 2. The van der Waals surface area contributed by atoms with Gasteiger partial charge in [0.2, 0.25) is 10.2 Å². The van der Waals surface area contributed by atoms with Crippen LogP contribution in [-0.2, 0) is 4.79 Å². The maximum atomic E-state index is 12.9. The van der Waals surface area contributed by atoms with Crippen molar-refractivity contribution in [3.63, 3.8) is 0 Å². The highest BCUT2D eigenvalue weighted by molar-refractivity contribution is 9.10. The Hall–Kier alpha value is -2.97. The molecule has 0 saturated carbocycles. The molecule has 0 bridgehead atoms. The minimum absolute atomic E-state index is 0. The molecule has 1 aromatic heterocycles. The topological polar surface area (TPSA) is 125 Å². The number of fused-ring (bicyclic) bond motifs is 1. The van der Waals surface area contributed by atoms with Crippen LogP contribution in [0.15, 0.2) is 54.9 Å². The highest BCUT2D eigenvalue weighted by atomic mass is 79.9. The van der Waals surface area contributed by atoms with Crippen LogP contribution in [0.25, 0.3) is 17.4 Å². The van der Waals surface area contributed by atoms with Crippen LogP contribution in [0.3, 0.4) is 0 Å². The van der Waals surface area contributed by atoms with Crippen molar-refractivity contribution in [2.75, 3.05) is 0 Å². The first-order chi connectivity index (χ1) is 14.5. The van der Waals surface area contributed by atoms with Crippen molar-refractivity contribution in [2.24, 2.45) is 10.1 Å². The molecule has 0 unspecified atom stereocenters. The maximum absolute atomic E-state index is 12.9. The number of nitrogens with one attached hydrogen (secondary N) is 1. The number of carbonyl (C=O) groups is 1. The normalized spacial score (nSPS) is 17.1. The van der Waals surface area contributed by atoms with Gasteiger partial charge in [-0.3, -0.25) is 20.3 Å². The fourth-order valence-corrected chi connectivity index (χ4v) is 3.96. The first-order valence-electron chi connectivity index (χ1n) is 8.16. The van der Waals surface area contributed by atoms with E-state index in [2.05, 4.69) is 26.0 Å². The Balaban J connectivity index is 0.00000289. The molecule has 2 aliphatic heterocycles. The highest BCUT2D eigenvalue weighted by Crippen LogP contribution is 2.36. The molecule has 2 aliphatic rings. The van der Waals surface area contributed by atoms with Gasteiger partial charge < -0.3 is 4.42 Å². The number of alkyl halides is 3. The lowest BCUT2D eigenvalue weighted by atomic mass is 10.1. The van der Waals surface area contributed by atoms with Crippen molar-refractivity contribution in [2.45, 2.75) is 6.18 Å². The van der Waals surface area contributed by atoms with Crippen LogP contribution in [-0.4, -0.2) is 38.1 Å². The van der Waals surface area contributed by atoms with Gasteiger partial charge in [0, 0.05) is 22.2 Å². The molecule has 1 N–H and O–H groups in total. The number of rotatable bonds is 3. The summed E-state index contributed by atoms with van der Waals surface area (Å²) in [5.74, 6) is -1.05. The standard InChI is InChI=1S/C17H7BrF3N5O4S.ClH/c18-11-5-7(26(28)29)1-3-9(11)12-4-2-8(30-12)6-10-13(22)25-16(23-14(10)27)31-15(24-25)17(19,20)21;/h1-6,22H;1H. The number of nitrogens with zero attached hydrogens (tertiary/aromatic N) is 4. The number of hydrogen-bond donors (Lipinski definition) is 1. The van der Waals surface area contributed by atoms with Crippen LogP contribution in [0, 0.1) is 15.5 Å². The van der Waals surface area contributed by atoms with Gasteiger partial charge in [-0.1, -0.05) is 0 Å². The van der Waals surface area contributed by atoms with Gasteiger partial charge in [-0.2, -0.15) is 28.3 Å². The highest BCUT2D eigenvalue weighted by Gasteiger charge is 2.46. The Morgan fingerprint density at radius 2 is 2.00 bits per heavy atom. The summed E-state index contributed by atoms with van der Waals surface area (Å²) in [7, 11) is 0. The smallest absolute Gasteiger partial charge is 0.441 e. The molecule has 1 amide bonds. The number of hydrogen-bond acceptors (Lipinski definition) is 7. The third-order valence-electron chi connectivity index (χ3n) is 4.04. The lowest BCUT2D eigenvalue weighted by Crippen LogP contribution is -2.35. The third-order valence-corrected chi connectivity index (χ3v) is 5.65. The van der Waals surface area contributed by atoms with Crippen molar-refractivity contribution in [3.05, 3.63) is 56.3 Å². The summed E-state index contributed by atoms with van der Waals surface area (Å²) in [6.07, 6.45) is -3.56. The number of amides is 1. The summed E-state index contributed by atoms with van der Waals surface area (Å²) in [4.78, 5) is 26.1. The zero-order chi connectivity index (χ0) is 22.5. The number of furan rings is 1. The lowest BCUT2D eigenvalue weighted by Gasteiger charge is -2.19. The van der Waals surface area contributed by atoms with E-state index in [1.54, 1.807) is 0 Å². The van der Waals surface area contributed by atoms with Crippen molar-refractivity contribution in [3.8, 4) is 11.3 Å². The predicted molar refractivity (Wildman–Crippen MR) is 117 cm³/mol. The Morgan fingerprint density at radius 3 is 2.62 bits per heavy atom. The average molecular weight is 551 g/mol. The van der Waals surface area contributed by atoms with Gasteiger partial charge in [0.05, 0.1) is 10.5 Å². The Kier molecular flexibility index (Phi) is 6.31. The fourth-order valence-electron chi connectivity index (χ4n) is 2.64. The second-order valence-electron chi connectivity index (χ2n) is 6.05. The predicted octanol–water partition coefficient (Wildman–Crippen LogP) is 5.22. The van der Waals surface area contributed by atoms with E-state index in [0.717, 1.165) is 0 Å². The van der Waals surface area contributed by atoms with Crippen molar-refractivity contribution < 1.29 is 27.3 Å². The van der Waals surface area contributed by atoms with Gasteiger partial charge in [0.15, 0.2) is 5.84 Å². The van der Waals surface area contributed by atoms with Crippen LogP contribution in [0.5, 0.6) is 0 Å². The number of halogens is 5. The first-order valence-corrected chi connectivity index (χ1v) is 9.77. The van der Waals surface area contributed by atoms with Crippen molar-refractivity contribution in [1.82, 2.24) is 5.01 Å². The van der Waals surface area contributed by atoms with E-state index in [1.165, 1.54) is 36.4 Å². The second-order valence-corrected chi connectivity index (χ2v) is 7.86. The number of hydrazone groups is 1. The molecule has 0 radical (unpaired) electrons. The summed E-state index contributed by atoms with van der Waals surface area (Å²) < 4.78 is 44.6. The largest absolute Gasteiger partial charge is 0.457 e. The summed E-state index contributed by atoms with van der Waals surface area (Å²) in [5.41, 5.74) is 0.0675. The average Bonchev–Trinajstić information content (AvgIpc) is 3.32. The van der Waals surface area contributed by atoms with E-state index >= 15 is 0 Å². The molecular formula is C17H8BrClF3N5O4S. The minimum atomic E-state index is -4.73. The molecule has 0 atom stereocenters. The Morgan fingerprint density at radius 1 is 1.28 bits per heavy atom. The molecule has 4 rings (SSSR count). The number of carbonyl (C=O) groups excluding carboxylic acids is 1. The van der Waals surface area contributed by atoms with Crippen molar-refractivity contribution >= 4 is 73.8 Å². The zero-order valence-electron chi connectivity index (χ0n) is 15.2. The third kappa shape index (κ3) is 4.33. The molecule has 9 nitrogen and oxygen atoms in total. The van der Waals surface area contributed by atoms with E-state index in [9.17, 15) is 28.1 Å². The van der Waals surface area contributed by atoms with Gasteiger partial charge in [-0.05, 0) is 52.0 Å². The SMILES string of the molecule is Cl.N=C1C(=Cc2ccc(-c3ccc([N+](=O)[O-])cc3Br)o2)C(=O)N=C2SC(C(F)(F)F)=NN12. The number of benzene rings is 1. The van der Waals surface area contributed by atoms with Crippen LogP contribution in [0.2, 0.25) is 0 Å². The molecule has 3 heterocycles. The van der Waals surface area contributed by atoms with E-state index in [4.69, 9.17) is 9.83 Å². The lowest BCUT2D eigenvalue weighted by molar-refractivity contribution is -0.384. The fraction of sp³-hybridized carbons (Fsp3) is 0.0588. The van der Waals surface area contributed by atoms with Crippen LogP contribution in [0.4, 0.5) is 18.9 Å². The van der Waals surface area contributed by atoms with Gasteiger partial charge in [-0.25, -0.2) is 0 Å². The molecule has 166 valence electrons. The molecule has 32 heavy (non-hydrogen) atoms. The zero-order valence-corrected chi connectivity index (χ0v) is 18.4. The molecule has 1 aromatic carbocycles. The number of aliphatic imine (C=N–C) groups is 1. The second kappa shape index (κ2) is 8.52. The molecule has 0 aliphatic carbocycles. The number of nitro benzene ring substituents is 1. The molecule has 0 saturated heterocycles. The Bertz CT molecular complexity index is 1260. The quantitative estimate of drug-likeness (QED) is 0.317. The Labute approximate surface area is 195 Å². The van der Waals surface area contributed by atoms with Gasteiger partial charge >= 0.3 is 6.18 Å². The molecule has 15 heteroatoms. The van der Waals surface area contributed by atoms with Gasteiger partial charge in [-0.15, -0.1) is 12.4 Å². The monoisotopic (exact) mass is 549 g/mol. The van der Waals surface area contributed by atoms with Crippen molar-refractivity contribution in [1.29, 1.82) is 5.41 Å². The van der Waals surface area contributed by atoms with Crippen LogP contribution < -0.4 is 0 Å². The first kappa shape index (κ1) is 23.7. The summed E-state index contributed by atoms with van der Waals surface area (Å²) in [6.45, 7) is 0. The summed E-state index contributed by atoms with van der Waals surface area (Å²) in [6, 6.07) is 7.07. The molecular weight excluding hydrogens is 543 g/mol. The maximum Gasteiger partial charge on any atom is 0.441 e. The van der Waals surface area contributed by atoms with Crippen LogP contribution >= 0.6 is 40.1 Å². The number of nitro groups is 1. The van der Waals surface area contributed by atoms with E-state index in [0.29, 0.717) is 20.8 Å². The number of thioether (sulfide) groups is 1.